The number of nitrogens with zero attached hydrogens (tertiary/aromatic N) is 1. The highest BCUT2D eigenvalue weighted by Gasteiger charge is 2.17. The largest absolute Gasteiger partial charge is 0.459 e. The standard InChI is InChI=1S/C15H13FN2O/c1-17-15(11-6-12(16)9-18-8-11)14-7-10-4-2-3-5-13(10)19-14/h2-9,15,17H,1H3. The molecule has 0 bridgehead atoms. The Morgan fingerprint density at radius 1 is 1.21 bits per heavy atom. The van der Waals surface area contributed by atoms with Gasteiger partial charge in [-0.15, -0.1) is 0 Å². The predicted octanol–water partition coefficient (Wildman–Crippen LogP) is 3.28. The van der Waals surface area contributed by atoms with Crippen LogP contribution < -0.4 is 5.32 Å². The second-order valence-corrected chi connectivity index (χ2v) is 4.34. The van der Waals surface area contributed by atoms with Crippen LogP contribution in [0.3, 0.4) is 0 Å². The molecule has 0 spiro atoms. The Bertz CT molecular complexity index is 675. The van der Waals surface area contributed by atoms with Gasteiger partial charge in [0.2, 0.25) is 0 Å². The topological polar surface area (TPSA) is 38.1 Å². The average molecular weight is 256 g/mol. The van der Waals surface area contributed by atoms with Gasteiger partial charge in [0.1, 0.15) is 17.2 Å². The SMILES string of the molecule is CNC(c1cncc(F)c1)c1cc2ccccc2o1. The number of pyridine rings is 1. The number of hydrogen-bond acceptors (Lipinski definition) is 3. The van der Waals surface area contributed by atoms with Crippen molar-refractivity contribution in [3.63, 3.8) is 0 Å². The summed E-state index contributed by atoms with van der Waals surface area (Å²) >= 11 is 0. The molecule has 19 heavy (non-hydrogen) atoms. The van der Waals surface area contributed by atoms with Gasteiger partial charge < -0.3 is 9.73 Å². The Balaban J connectivity index is 2.06. The van der Waals surface area contributed by atoms with Crippen molar-refractivity contribution in [2.45, 2.75) is 6.04 Å². The normalized spacial score (nSPS) is 12.7. The van der Waals surface area contributed by atoms with Crippen molar-refractivity contribution in [3.8, 4) is 0 Å². The van der Waals surface area contributed by atoms with E-state index in [0.29, 0.717) is 0 Å². The third-order valence-corrected chi connectivity index (χ3v) is 3.08. The quantitative estimate of drug-likeness (QED) is 0.781. The van der Waals surface area contributed by atoms with E-state index in [4.69, 9.17) is 4.42 Å². The molecule has 0 aliphatic rings. The molecule has 3 aromatic rings. The van der Waals surface area contributed by atoms with Crippen LogP contribution in [0, 0.1) is 5.82 Å². The highest BCUT2D eigenvalue weighted by molar-refractivity contribution is 5.77. The van der Waals surface area contributed by atoms with Crippen molar-refractivity contribution in [2.75, 3.05) is 7.05 Å². The monoisotopic (exact) mass is 256 g/mol. The zero-order valence-electron chi connectivity index (χ0n) is 10.4. The first kappa shape index (κ1) is 11.9. The van der Waals surface area contributed by atoms with Crippen molar-refractivity contribution in [2.24, 2.45) is 0 Å². The van der Waals surface area contributed by atoms with Crippen LogP contribution in [0.1, 0.15) is 17.4 Å². The van der Waals surface area contributed by atoms with E-state index in [1.54, 1.807) is 6.20 Å². The molecular weight excluding hydrogens is 243 g/mol. The van der Waals surface area contributed by atoms with Gasteiger partial charge in [-0.2, -0.15) is 0 Å². The molecule has 0 aliphatic heterocycles. The van der Waals surface area contributed by atoms with E-state index in [1.807, 2.05) is 37.4 Å². The van der Waals surface area contributed by atoms with Crippen molar-refractivity contribution >= 4 is 11.0 Å². The molecule has 0 saturated carbocycles. The summed E-state index contributed by atoms with van der Waals surface area (Å²) in [5, 5.41) is 4.15. The Morgan fingerprint density at radius 3 is 2.79 bits per heavy atom. The first-order valence-electron chi connectivity index (χ1n) is 6.04. The fourth-order valence-corrected chi connectivity index (χ4v) is 2.20. The molecule has 0 amide bonds. The van der Waals surface area contributed by atoms with Crippen LogP contribution >= 0.6 is 0 Å². The Kier molecular flexibility index (Phi) is 3.01. The summed E-state index contributed by atoms with van der Waals surface area (Å²) in [5.41, 5.74) is 1.56. The van der Waals surface area contributed by atoms with Crippen molar-refractivity contribution in [3.05, 3.63) is 65.9 Å². The first-order valence-corrected chi connectivity index (χ1v) is 6.04. The molecule has 0 fully saturated rings. The van der Waals surface area contributed by atoms with Gasteiger partial charge in [0, 0.05) is 11.6 Å². The fourth-order valence-electron chi connectivity index (χ4n) is 2.20. The molecule has 2 heterocycles. The molecule has 1 N–H and O–H groups in total. The van der Waals surface area contributed by atoms with Gasteiger partial charge in [0.05, 0.1) is 12.2 Å². The van der Waals surface area contributed by atoms with Gasteiger partial charge in [0.15, 0.2) is 0 Å². The second-order valence-electron chi connectivity index (χ2n) is 4.34. The van der Waals surface area contributed by atoms with E-state index in [1.165, 1.54) is 12.3 Å². The third kappa shape index (κ3) is 2.22. The van der Waals surface area contributed by atoms with Crippen LogP contribution in [0.4, 0.5) is 4.39 Å². The first-order chi connectivity index (χ1) is 9.28. The molecule has 0 aliphatic carbocycles. The van der Waals surface area contributed by atoms with Gasteiger partial charge in [-0.3, -0.25) is 4.98 Å². The summed E-state index contributed by atoms with van der Waals surface area (Å²) in [6.07, 6.45) is 2.83. The zero-order chi connectivity index (χ0) is 13.2. The smallest absolute Gasteiger partial charge is 0.141 e. The molecule has 2 aromatic heterocycles. The number of para-hydroxylation sites is 1. The number of aromatic nitrogens is 1. The van der Waals surface area contributed by atoms with Gasteiger partial charge in [-0.05, 0) is 30.8 Å². The molecular formula is C15H13FN2O. The van der Waals surface area contributed by atoms with Crippen LogP contribution in [0.25, 0.3) is 11.0 Å². The predicted molar refractivity (Wildman–Crippen MR) is 71.3 cm³/mol. The van der Waals surface area contributed by atoms with Gasteiger partial charge >= 0.3 is 0 Å². The number of rotatable bonds is 3. The number of hydrogen-bond donors (Lipinski definition) is 1. The van der Waals surface area contributed by atoms with E-state index in [9.17, 15) is 4.39 Å². The molecule has 4 heteroatoms. The van der Waals surface area contributed by atoms with Crippen molar-refractivity contribution < 1.29 is 8.81 Å². The third-order valence-electron chi connectivity index (χ3n) is 3.08. The lowest BCUT2D eigenvalue weighted by atomic mass is 10.1. The Labute approximate surface area is 110 Å². The Hall–Kier alpha value is -2.20. The van der Waals surface area contributed by atoms with E-state index in [-0.39, 0.29) is 11.9 Å². The van der Waals surface area contributed by atoms with E-state index in [0.717, 1.165) is 22.3 Å². The minimum absolute atomic E-state index is 0.212. The maximum absolute atomic E-state index is 13.3. The van der Waals surface area contributed by atoms with Crippen LogP contribution in [-0.2, 0) is 0 Å². The van der Waals surface area contributed by atoms with Crippen LogP contribution in [0.5, 0.6) is 0 Å². The minimum atomic E-state index is -0.353. The van der Waals surface area contributed by atoms with Crippen LogP contribution in [0.15, 0.2) is 53.2 Å². The van der Waals surface area contributed by atoms with Crippen LogP contribution in [-0.4, -0.2) is 12.0 Å². The lowest BCUT2D eigenvalue weighted by Crippen LogP contribution is -2.17. The summed E-state index contributed by atoms with van der Waals surface area (Å²) in [4.78, 5) is 3.88. The number of fused-ring (bicyclic) bond motifs is 1. The summed E-state index contributed by atoms with van der Waals surface area (Å²) < 4.78 is 19.1. The Morgan fingerprint density at radius 2 is 2.05 bits per heavy atom. The average Bonchev–Trinajstić information content (AvgIpc) is 2.83. The number of halogens is 1. The molecule has 1 atom stereocenters. The molecule has 1 aromatic carbocycles. The van der Waals surface area contributed by atoms with Crippen LogP contribution in [0.2, 0.25) is 0 Å². The van der Waals surface area contributed by atoms with Gasteiger partial charge in [-0.1, -0.05) is 18.2 Å². The minimum Gasteiger partial charge on any atom is -0.459 e. The summed E-state index contributed by atoms with van der Waals surface area (Å²) in [6, 6.07) is 11.0. The molecule has 0 saturated heterocycles. The highest BCUT2D eigenvalue weighted by atomic mass is 19.1. The van der Waals surface area contributed by atoms with Gasteiger partial charge in [-0.25, -0.2) is 4.39 Å². The van der Waals surface area contributed by atoms with E-state index in [2.05, 4.69) is 10.3 Å². The fraction of sp³-hybridized carbons (Fsp3) is 0.133. The molecule has 96 valence electrons. The molecule has 0 radical (unpaired) electrons. The van der Waals surface area contributed by atoms with E-state index >= 15 is 0 Å². The van der Waals surface area contributed by atoms with Crippen molar-refractivity contribution in [1.29, 1.82) is 0 Å². The number of benzene rings is 1. The number of nitrogens with one attached hydrogen (secondary N) is 1. The van der Waals surface area contributed by atoms with Crippen molar-refractivity contribution in [1.82, 2.24) is 10.3 Å². The van der Waals surface area contributed by atoms with E-state index < -0.39 is 0 Å². The maximum Gasteiger partial charge on any atom is 0.141 e. The second kappa shape index (κ2) is 4.82. The summed E-state index contributed by atoms with van der Waals surface area (Å²) in [6.45, 7) is 0. The zero-order valence-corrected chi connectivity index (χ0v) is 10.4. The summed E-state index contributed by atoms with van der Waals surface area (Å²) in [5.74, 6) is 0.393. The molecule has 1 unspecified atom stereocenters. The molecule has 3 nitrogen and oxygen atoms in total. The number of furan rings is 1. The lowest BCUT2D eigenvalue weighted by Gasteiger charge is -2.13. The summed E-state index contributed by atoms with van der Waals surface area (Å²) in [7, 11) is 1.81. The molecule has 3 rings (SSSR count). The maximum atomic E-state index is 13.3. The lowest BCUT2D eigenvalue weighted by molar-refractivity contribution is 0.489. The highest BCUT2D eigenvalue weighted by Crippen LogP contribution is 2.27. The van der Waals surface area contributed by atoms with Gasteiger partial charge in [0.25, 0.3) is 0 Å².